The van der Waals surface area contributed by atoms with Crippen molar-refractivity contribution < 1.29 is 4.42 Å². The lowest BCUT2D eigenvalue weighted by Crippen LogP contribution is -2.12. The Kier molecular flexibility index (Phi) is 4.29. The third kappa shape index (κ3) is 3.06. The van der Waals surface area contributed by atoms with E-state index in [9.17, 15) is 4.79 Å². The zero-order chi connectivity index (χ0) is 20.1. The van der Waals surface area contributed by atoms with Crippen LogP contribution < -0.4 is 5.56 Å². The van der Waals surface area contributed by atoms with Gasteiger partial charge >= 0.3 is 0 Å². The average molecular weight is 424 g/mol. The first-order chi connectivity index (χ1) is 14.0. The topological polar surface area (TPSA) is 100 Å². The zero-order valence-corrected chi connectivity index (χ0v) is 17.6. The van der Waals surface area contributed by atoms with E-state index in [1.807, 2.05) is 51.2 Å². The maximum absolute atomic E-state index is 12.5. The number of rotatable bonds is 4. The van der Waals surface area contributed by atoms with Gasteiger partial charge in [0.2, 0.25) is 0 Å². The first kappa shape index (κ1) is 18.1. The molecule has 0 aliphatic rings. The number of thiophene rings is 1. The number of nitrogens with one attached hydrogen (secondary N) is 2. The van der Waals surface area contributed by atoms with Gasteiger partial charge in [-0.15, -0.1) is 21.5 Å². The normalized spacial score (nSPS) is 12.8. The van der Waals surface area contributed by atoms with E-state index in [1.165, 1.54) is 23.1 Å². The van der Waals surface area contributed by atoms with E-state index in [-0.39, 0.29) is 10.8 Å². The molecule has 1 atom stereocenters. The predicted molar refractivity (Wildman–Crippen MR) is 116 cm³/mol. The summed E-state index contributed by atoms with van der Waals surface area (Å²) >= 11 is 2.91. The van der Waals surface area contributed by atoms with Gasteiger partial charge in [-0.25, -0.2) is 4.98 Å². The molecule has 0 unspecified atom stereocenters. The third-order valence-corrected chi connectivity index (χ3v) is 6.99. The predicted octanol–water partition coefficient (Wildman–Crippen LogP) is 4.99. The Morgan fingerprint density at radius 3 is 2.90 bits per heavy atom. The molecule has 4 aromatic heterocycles. The van der Waals surface area contributed by atoms with Gasteiger partial charge in [0.1, 0.15) is 10.7 Å². The van der Waals surface area contributed by atoms with Crippen LogP contribution in [0.2, 0.25) is 0 Å². The minimum Gasteiger partial charge on any atom is -0.411 e. The van der Waals surface area contributed by atoms with Crippen molar-refractivity contribution in [2.45, 2.75) is 31.2 Å². The van der Waals surface area contributed by atoms with Gasteiger partial charge in [-0.2, -0.15) is 0 Å². The fraction of sp³-hybridized carbons (Fsp3) is 0.200. The molecule has 0 aliphatic heterocycles. The van der Waals surface area contributed by atoms with E-state index in [4.69, 9.17) is 4.42 Å². The van der Waals surface area contributed by atoms with Crippen molar-refractivity contribution in [1.29, 1.82) is 0 Å². The second kappa shape index (κ2) is 6.85. The molecular formula is C20H17N5O2S2. The lowest BCUT2D eigenvalue weighted by Gasteiger charge is -2.07. The molecule has 4 heterocycles. The molecule has 5 rings (SSSR count). The van der Waals surface area contributed by atoms with Crippen LogP contribution in [0.3, 0.4) is 0 Å². The van der Waals surface area contributed by atoms with Crippen LogP contribution in [0.5, 0.6) is 0 Å². The fourth-order valence-corrected chi connectivity index (χ4v) is 5.06. The lowest BCUT2D eigenvalue weighted by molar-refractivity contribution is 0.465. The van der Waals surface area contributed by atoms with Gasteiger partial charge in [-0.1, -0.05) is 30.0 Å². The number of hydrogen-bond acceptors (Lipinski definition) is 7. The molecule has 0 aliphatic carbocycles. The molecule has 1 aromatic carbocycles. The van der Waals surface area contributed by atoms with Gasteiger partial charge in [-0.3, -0.25) is 4.79 Å². The second-order valence-electron chi connectivity index (χ2n) is 6.80. The number of benzene rings is 1. The number of para-hydroxylation sites is 1. The number of aromatic nitrogens is 5. The fourth-order valence-electron chi connectivity index (χ4n) is 3.29. The highest BCUT2D eigenvalue weighted by atomic mass is 32.2. The Hall–Kier alpha value is -2.91. The quantitative estimate of drug-likeness (QED) is 0.395. The molecule has 5 aromatic rings. The summed E-state index contributed by atoms with van der Waals surface area (Å²) in [7, 11) is 0. The number of nitrogens with zero attached hydrogens (tertiary/aromatic N) is 3. The third-order valence-electron chi connectivity index (χ3n) is 4.95. The van der Waals surface area contributed by atoms with Crippen LogP contribution in [0, 0.1) is 13.8 Å². The summed E-state index contributed by atoms with van der Waals surface area (Å²) in [6, 6.07) is 7.95. The Labute approximate surface area is 173 Å². The maximum atomic E-state index is 12.5. The van der Waals surface area contributed by atoms with Crippen molar-refractivity contribution in [3.63, 3.8) is 0 Å². The Bertz CT molecular complexity index is 1410. The molecule has 29 heavy (non-hydrogen) atoms. The molecule has 146 valence electrons. The van der Waals surface area contributed by atoms with E-state index < -0.39 is 0 Å². The van der Waals surface area contributed by atoms with E-state index in [2.05, 4.69) is 25.1 Å². The molecule has 9 heteroatoms. The van der Waals surface area contributed by atoms with Crippen molar-refractivity contribution >= 4 is 44.2 Å². The highest BCUT2D eigenvalue weighted by molar-refractivity contribution is 7.99. The molecule has 7 nitrogen and oxygen atoms in total. The van der Waals surface area contributed by atoms with Crippen LogP contribution in [0.25, 0.3) is 32.6 Å². The number of aromatic amines is 2. The number of H-pyrrole nitrogens is 2. The SMILES string of the molecule is Cc1sc2nc([C@@H](C)Sc3nnc(-c4c[nH]c5ccccc45)o3)[nH]c(=O)c2c1C. The molecule has 0 bridgehead atoms. The van der Waals surface area contributed by atoms with Gasteiger partial charge in [0, 0.05) is 22.0 Å². The molecule has 0 fully saturated rings. The largest absolute Gasteiger partial charge is 0.411 e. The zero-order valence-electron chi connectivity index (χ0n) is 15.9. The van der Waals surface area contributed by atoms with Crippen molar-refractivity contribution in [2.24, 2.45) is 0 Å². The van der Waals surface area contributed by atoms with Crippen molar-refractivity contribution in [3.05, 3.63) is 57.1 Å². The second-order valence-corrected chi connectivity index (χ2v) is 9.29. The summed E-state index contributed by atoms with van der Waals surface area (Å²) in [6.45, 7) is 5.91. The molecule has 0 spiro atoms. The van der Waals surface area contributed by atoms with Crippen LogP contribution >= 0.6 is 23.1 Å². The Morgan fingerprint density at radius 2 is 2.03 bits per heavy atom. The van der Waals surface area contributed by atoms with Crippen molar-refractivity contribution in [3.8, 4) is 11.5 Å². The highest BCUT2D eigenvalue weighted by Crippen LogP contribution is 2.36. The molecule has 0 saturated heterocycles. The van der Waals surface area contributed by atoms with E-state index in [1.54, 1.807) is 0 Å². The Balaban J connectivity index is 1.44. The summed E-state index contributed by atoms with van der Waals surface area (Å²) in [5.74, 6) is 1.05. The van der Waals surface area contributed by atoms with E-state index >= 15 is 0 Å². The number of hydrogen-bond donors (Lipinski definition) is 2. The minimum atomic E-state index is -0.147. The summed E-state index contributed by atoms with van der Waals surface area (Å²) in [5, 5.41) is 10.3. The summed E-state index contributed by atoms with van der Waals surface area (Å²) < 4.78 is 5.87. The smallest absolute Gasteiger partial charge is 0.277 e. The first-order valence-corrected chi connectivity index (χ1v) is 10.8. The van der Waals surface area contributed by atoms with Crippen LogP contribution in [0.4, 0.5) is 0 Å². The average Bonchev–Trinajstić information content (AvgIpc) is 3.40. The number of thioether (sulfide) groups is 1. The lowest BCUT2D eigenvalue weighted by atomic mass is 10.2. The summed E-state index contributed by atoms with van der Waals surface area (Å²) in [5.41, 5.74) is 2.76. The van der Waals surface area contributed by atoms with Crippen LogP contribution in [0.15, 0.2) is 44.9 Å². The van der Waals surface area contributed by atoms with Gasteiger partial charge in [0.25, 0.3) is 16.7 Å². The molecule has 2 N–H and O–H groups in total. The number of fused-ring (bicyclic) bond motifs is 2. The van der Waals surface area contributed by atoms with Gasteiger partial charge in [0.15, 0.2) is 0 Å². The van der Waals surface area contributed by atoms with Crippen molar-refractivity contribution in [1.82, 2.24) is 25.1 Å². The minimum absolute atomic E-state index is 0.107. The molecular weight excluding hydrogens is 406 g/mol. The molecule has 0 radical (unpaired) electrons. The van der Waals surface area contributed by atoms with Gasteiger partial charge in [0.05, 0.1) is 16.2 Å². The van der Waals surface area contributed by atoms with E-state index in [0.29, 0.717) is 22.3 Å². The standard InChI is InChI=1S/C20H17N5O2S2/c1-9-10(2)28-19-15(9)17(26)22-16(23-19)11(3)29-20-25-24-18(27-20)13-8-21-14-7-5-4-6-12(13)14/h4-8,11,21H,1-3H3,(H,22,23,26)/t11-/m1/s1. The van der Waals surface area contributed by atoms with Crippen LogP contribution in [-0.2, 0) is 0 Å². The van der Waals surface area contributed by atoms with E-state index in [0.717, 1.165) is 31.7 Å². The summed E-state index contributed by atoms with van der Waals surface area (Å²) in [4.78, 5) is 25.2. The number of aryl methyl sites for hydroxylation is 2. The Morgan fingerprint density at radius 1 is 1.21 bits per heavy atom. The van der Waals surface area contributed by atoms with Gasteiger partial charge in [-0.05, 0) is 32.4 Å². The molecule has 0 saturated carbocycles. The highest BCUT2D eigenvalue weighted by Gasteiger charge is 2.19. The van der Waals surface area contributed by atoms with Crippen LogP contribution in [-0.4, -0.2) is 25.1 Å². The molecule has 0 amide bonds. The van der Waals surface area contributed by atoms with Crippen molar-refractivity contribution in [2.75, 3.05) is 0 Å². The first-order valence-electron chi connectivity index (χ1n) is 9.08. The maximum Gasteiger partial charge on any atom is 0.277 e. The summed E-state index contributed by atoms with van der Waals surface area (Å²) in [6.07, 6.45) is 1.87. The van der Waals surface area contributed by atoms with Gasteiger partial charge < -0.3 is 14.4 Å². The monoisotopic (exact) mass is 423 g/mol. The van der Waals surface area contributed by atoms with Crippen LogP contribution in [0.1, 0.15) is 28.4 Å².